The van der Waals surface area contributed by atoms with Crippen LogP contribution in [0.25, 0.3) is 133 Å². The first-order chi connectivity index (χ1) is 34.7. The molecule has 0 spiro atoms. The maximum Gasteiger partial charge on any atom is 0.164 e. The Labute approximate surface area is 400 Å². The molecule has 7 nitrogen and oxygen atoms in total. The van der Waals surface area contributed by atoms with Crippen LogP contribution in [-0.2, 0) is 0 Å². The second-order valence-electron chi connectivity index (χ2n) is 18.0. The third-order valence-corrected chi connectivity index (χ3v) is 13.9. The van der Waals surface area contributed by atoms with Gasteiger partial charge < -0.3 is 18.3 Å². The molecule has 0 bridgehead atoms. The fraction of sp³-hybridized carbons (Fsp3) is 0. The average Bonchev–Trinajstić information content (AvgIpc) is 4.09. The molecule has 1 aliphatic rings. The van der Waals surface area contributed by atoms with Crippen molar-refractivity contribution in [2.24, 2.45) is 0 Å². The normalized spacial score (nSPS) is 12.1. The van der Waals surface area contributed by atoms with Crippen LogP contribution in [0.2, 0.25) is 0 Å². The van der Waals surface area contributed by atoms with Crippen LogP contribution < -0.4 is 4.74 Å². The standard InChI is InChI=1S/C63H37N5O2/c1-4-15-38(16-5-1)61-64-62(39-17-6-2-7-18-39)66-63(65-61)46-22-14-26-57-59(46)50-35-41(29-32-55(50)69-57)40-27-30-52-47(33-40)48-34-42(28-31-53(48)67(52)44-19-8-3-9-20-44)43-36-49-45-21-10-11-23-51(45)68-54-24-12-13-25-56(54)70-58(37-43)60(49)68/h1-37H. The van der Waals surface area contributed by atoms with E-state index in [0.29, 0.717) is 17.5 Å². The van der Waals surface area contributed by atoms with Gasteiger partial charge in [0, 0.05) is 54.7 Å². The Morgan fingerprint density at radius 3 is 1.63 bits per heavy atom. The van der Waals surface area contributed by atoms with Gasteiger partial charge in [-0.25, -0.2) is 15.0 Å². The Hall–Kier alpha value is -9.59. The van der Waals surface area contributed by atoms with Gasteiger partial charge in [0.1, 0.15) is 11.2 Å². The van der Waals surface area contributed by atoms with Crippen molar-refractivity contribution < 1.29 is 9.15 Å². The quantitative estimate of drug-likeness (QED) is 0.166. The van der Waals surface area contributed by atoms with E-state index >= 15 is 0 Å². The van der Waals surface area contributed by atoms with Gasteiger partial charge in [-0.1, -0.05) is 140 Å². The number of rotatable bonds is 6. The van der Waals surface area contributed by atoms with Crippen LogP contribution in [0.4, 0.5) is 0 Å². The number of nitrogens with zero attached hydrogens (tertiary/aromatic N) is 5. The molecule has 0 fully saturated rings. The van der Waals surface area contributed by atoms with Crippen molar-refractivity contribution in [2.75, 3.05) is 0 Å². The Kier molecular flexibility index (Phi) is 8.23. The molecule has 7 heteroatoms. The van der Waals surface area contributed by atoms with E-state index in [-0.39, 0.29) is 0 Å². The van der Waals surface area contributed by atoms with Crippen molar-refractivity contribution in [3.63, 3.8) is 0 Å². The van der Waals surface area contributed by atoms with E-state index in [2.05, 4.69) is 155 Å². The molecule has 0 N–H and O–H groups in total. The lowest BCUT2D eigenvalue weighted by Gasteiger charge is -2.21. The molecule has 0 saturated heterocycles. The minimum Gasteiger partial charge on any atom is -0.456 e. The zero-order valence-corrected chi connectivity index (χ0v) is 37.4. The molecular weight excluding hydrogens is 859 g/mol. The van der Waals surface area contributed by atoms with Crippen LogP contribution in [-0.4, -0.2) is 24.1 Å². The van der Waals surface area contributed by atoms with E-state index in [9.17, 15) is 0 Å². The number of para-hydroxylation sites is 4. The molecule has 14 aromatic rings. The summed E-state index contributed by atoms with van der Waals surface area (Å²) in [5.41, 5.74) is 15.4. The highest BCUT2D eigenvalue weighted by Gasteiger charge is 2.25. The van der Waals surface area contributed by atoms with Crippen LogP contribution in [0, 0.1) is 0 Å². The van der Waals surface area contributed by atoms with Crippen molar-refractivity contribution in [3.8, 4) is 79.3 Å². The molecule has 0 atom stereocenters. The number of furan rings is 1. The monoisotopic (exact) mass is 895 g/mol. The van der Waals surface area contributed by atoms with Crippen LogP contribution in [0.3, 0.4) is 0 Å². The zero-order chi connectivity index (χ0) is 45.9. The Bertz CT molecular complexity index is 4380. The third kappa shape index (κ3) is 5.85. The molecule has 0 saturated carbocycles. The molecule has 4 aromatic heterocycles. The second kappa shape index (κ2) is 15.0. The van der Waals surface area contributed by atoms with Crippen molar-refractivity contribution in [3.05, 3.63) is 224 Å². The highest BCUT2D eigenvalue weighted by atomic mass is 16.5. The minimum absolute atomic E-state index is 0.586. The van der Waals surface area contributed by atoms with Crippen LogP contribution >= 0.6 is 0 Å². The molecule has 0 amide bonds. The SMILES string of the molecule is c1ccc(-c2nc(-c3ccccc3)nc(-c3cccc4oc5ccc(-c6ccc7c(c6)c6cc(-c8cc9c%10c(c8)c8ccccc8n%10-c8ccccc8O9)ccc6n7-c6ccccc6)cc5c34)n2)cc1. The fourth-order valence-electron chi connectivity index (χ4n) is 10.8. The van der Waals surface area contributed by atoms with Crippen LogP contribution in [0.15, 0.2) is 229 Å². The lowest BCUT2D eigenvalue weighted by Crippen LogP contribution is -2.03. The Morgan fingerprint density at radius 2 is 0.900 bits per heavy atom. The van der Waals surface area contributed by atoms with Gasteiger partial charge in [0.25, 0.3) is 0 Å². The summed E-state index contributed by atoms with van der Waals surface area (Å²) in [4.78, 5) is 15.2. The number of aromatic nitrogens is 5. The van der Waals surface area contributed by atoms with Crippen molar-refractivity contribution in [1.82, 2.24) is 24.1 Å². The maximum absolute atomic E-state index is 6.72. The van der Waals surface area contributed by atoms with Crippen LogP contribution in [0.5, 0.6) is 11.5 Å². The summed E-state index contributed by atoms with van der Waals surface area (Å²) >= 11 is 0. The van der Waals surface area contributed by atoms with Crippen molar-refractivity contribution in [1.29, 1.82) is 0 Å². The molecule has 15 rings (SSSR count). The molecular formula is C63H37N5O2. The highest BCUT2D eigenvalue weighted by molar-refractivity contribution is 6.16. The predicted octanol–water partition coefficient (Wildman–Crippen LogP) is 16.4. The zero-order valence-electron chi connectivity index (χ0n) is 37.4. The van der Waals surface area contributed by atoms with E-state index < -0.39 is 0 Å². The van der Waals surface area contributed by atoms with Gasteiger partial charge >= 0.3 is 0 Å². The van der Waals surface area contributed by atoms with Crippen LogP contribution in [0.1, 0.15) is 0 Å². The molecule has 0 radical (unpaired) electrons. The molecule has 0 unspecified atom stereocenters. The van der Waals surface area contributed by atoms with Crippen molar-refractivity contribution in [2.45, 2.75) is 0 Å². The number of ether oxygens (including phenoxy) is 1. The van der Waals surface area contributed by atoms with E-state index in [4.69, 9.17) is 24.1 Å². The third-order valence-electron chi connectivity index (χ3n) is 13.9. The van der Waals surface area contributed by atoms with Gasteiger partial charge in [-0.2, -0.15) is 0 Å². The molecule has 70 heavy (non-hydrogen) atoms. The lowest BCUT2D eigenvalue weighted by molar-refractivity contribution is 0.476. The smallest absolute Gasteiger partial charge is 0.164 e. The molecule has 326 valence electrons. The van der Waals surface area contributed by atoms with E-state index in [1.54, 1.807) is 0 Å². The molecule has 0 aliphatic carbocycles. The van der Waals surface area contributed by atoms with E-state index in [1.807, 2.05) is 78.9 Å². The summed E-state index contributed by atoms with van der Waals surface area (Å²) in [7, 11) is 0. The lowest BCUT2D eigenvalue weighted by atomic mass is 9.97. The van der Waals surface area contributed by atoms with E-state index in [1.165, 1.54) is 16.3 Å². The highest BCUT2D eigenvalue weighted by Crippen LogP contribution is 2.48. The average molecular weight is 896 g/mol. The first-order valence-corrected chi connectivity index (χ1v) is 23.5. The van der Waals surface area contributed by atoms with Crippen molar-refractivity contribution >= 4 is 65.6 Å². The number of hydrogen-bond acceptors (Lipinski definition) is 5. The van der Waals surface area contributed by atoms with E-state index in [0.717, 1.165) is 111 Å². The minimum atomic E-state index is 0.586. The summed E-state index contributed by atoms with van der Waals surface area (Å²) in [6.45, 7) is 0. The summed E-state index contributed by atoms with van der Waals surface area (Å²) in [5.74, 6) is 3.51. The largest absolute Gasteiger partial charge is 0.456 e. The van der Waals surface area contributed by atoms with Gasteiger partial charge in [-0.3, -0.25) is 0 Å². The Morgan fingerprint density at radius 1 is 0.329 bits per heavy atom. The number of benzene rings is 10. The summed E-state index contributed by atoms with van der Waals surface area (Å²) in [6, 6.07) is 78.6. The number of hydrogen-bond donors (Lipinski definition) is 0. The second-order valence-corrected chi connectivity index (χ2v) is 18.0. The molecule has 10 aromatic carbocycles. The Balaban J connectivity index is 0.907. The maximum atomic E-state index is 6.72. The number of fused-ring (bicyclic) bond motifs is 11. The first kappa shape index (κ1) is 38.5. The predicted molar refractivity (Wildman–Crippen MR) is 283 cm³/mol. The van der Waals surface area contributed by atoms with Gasteiger partial charge in [0.15, 0.2) is 29.0 Å². The first-order valence-electron chi connectivity index (χ1n) is 23.5. The fourth-order valence-corrected chi connectivity index (χ4v) is 10.8. The molecule has 5 heterocycles. The summed E-state index contributed by atoms with van der Waals surface area (Å²) < 4.78 is 18.0. The van der Waals surface area contributed by atoms with Gasteiger partial charge in [-0.05, 0) is 107 Å². The topological polar surface area (TPSA) is 70.9 Å². The van der Waals surface area contributed by atoms with Gasteiger partial charge in [0.05, 0.1) is 27.8 Å². The summed E-state index contributed by atoms with van der Waals surface area (Å²) in [5, 5.41) is 6.64. The molecule has 1 aliphatic heterocycles. The van der Waals surface area contributed by atoms with Gasteiger partial charge in [0.2, 0.25) is 0 Å². The summed E-state index contributed by atoms with van der Waals surface area (Å²) in [6.07, 6.45) is 0. The van der Waals surface area contributed by atoms with Gasteiger partial charge in [-0.15, -0.1) is 0 Å².